The molecular weight excluding hydrogens is 316 g/mol. The lowest BCUT2D eigenvalue weighted by Crippen LogP contribution is -2.23. The molecule has 2 aromatic heterocycles. The summed E-state index contributed by atoms with van der Waals surface area (Å²) in [4.78, 5) is 8.43. The zero-order valence-corrected chi connectivity index (χ0v) is 13.6. The van der Waals surface area contributed by atoms with Crippen molar-refractivity contribution in [1.29, 1.82) is 5.26 Å². The second kappa shape index (κ2) is 8.08. The summed E-state index contributed by atoms with van der Waals surface area (Å²) < 4.78 is 7.49. The second-order valence-electron chi connectivity index (χ2n) is 5.59. The van der Waals surface area contributed by atoms with Gasteiger partial charge in [-0.25, -0.2) is 4.98 Å². The Labute approximate surface area is 146 Å². The standard InChI is InChI=1S/C19H18N4O2/c20-8-7-15-3-5-18(6-4-15)25-14-17(24)13-23-11-10-22-19(23)16-2-1-9-21-12-16/h1-6,9-12,17,24H,7,13-14H2. The van der Waals surface area contributed by atoms with Crippen molar-refractivity contribution in [2.75, 3.05) is 6.61 Å². The van der Waals surface area contributed by atoms with E-state index in [0.29, 0.717) is 18.7 Å². The molecule has 3 rings (SSSR count). The number of nitriles is 1. The van der Waals surface area contributed by atoms with Crippen LogP contribution in [0.2, 0.25) is 0 Å². The van der Waals surface area contributed by atoms with Gasteiger partial charge in [-0.2, -0.15) is 5.26 Å². The number of nitrogens with zero attached hydrogens (tertiary/aromatic N) is 4. The lowest BCUT2D eigenvalue weighted by Gasteiger charge is -2.15. The van der Waals surface area contributed by atoms with Crippen LogP contribution in [-0.4, -0.2) is 32.4 Å². The largest absolute Gasteiger partial charge is 0.491 e. The van der Waals surface area contributed by atoms with E-state index in [1.54, 1.807) is 30.7 Å². The number of imidazole rings is 1. The Morgan fingerprint density at radius 1 is 1.20 bits per heavy atom. The Balaban J connectivity index is 1.57. The number of aliphatic hydroxyl groups is 1. The molecule has 0 aliphatic rings. The fourth-order valence-corrected chi connectivity index (χ4v) is 2.48. The number of aromatic nitrogens is 3. The van der Waals surface area contributed by atoms with Crippen LogP contribution >= 0.6 is 0 Å². The van der Waals surface area contributed by atoms with Gasteiger partial charge in [-0.05, 0) is 29.8 Å². The molecule has 0 aliphatic carbocycles. The molecule has 0 spiro atoms. The number of ether oxygens (including phenoxy) is 1. The molecule has 126 valence electrons. The average molecular weight is 334 g/mol. The Bertz CT molecular complexity index is 838. The Morgan fingerprint density at radius 2 is 2.04 bits per heavy atom. The highest BCUT2D eigenvalue weighted by molar-refractivity contribution is 5.53. The zero-order chi connectivity index (χ0) is 17.5. The molecule has 0 saturated carbocycles. The maximum atomic E-state index is 10.3. The molecule has 0 amide bonds. The molecule has 3 aromatic rings. The predicted octanol–water partition coefficient (Wildman–Crippen LogP) is 2.45. The maximum absolute atomic E-state index is 10.3. The lowest BCUT2D eigenvalue weighted by molar-refractivity contribution is 0.0928. The molecule has 1 aromatic carbocycles. The quantitative estimate of drug-likeness (QED) is 0.717. The van der Waals surface area contributed by atoms with Crippen molar-refractivity contribution in [3.63, 3.8) is 0 Å². The van der Waals surface area contributed by atoms with Gasteiger partial charge in [-0.1, -0.05) is 12.1 Å². The van der Waals surface area contributed by atoms with Gasteiger partial charge >= 0.3 is 0 Å². The fraction of sp³-hybridized carbons (Fsp3) is 0.211. The van der Waals surface area contributed by atoms with E-state index < -0.39 is 6.10 Å². The van der Waals surface area contributed by atoms with Crippen molar-refractivity contribution in [2.24, 2.45) is 0 Å². The molecule has 0 aliphatic heterocycles. The van der Waals surface area contributed by atoms with Gasteiger partial charge in [-0.15, -0.1) is 0 Å². The summed E-state index contributed by atoms with van der Waals surface area (Å²) in [6.07, 6.45) is 6.67. The van der Waals surface area contributed by atoms with Crippen molar-refractivity contribution < 1.29 is 9.84 Å². The van der Waals surface area contributed by atoms with E-state index in [1.807, 2.05) is 35.0 Å². The Hall–Kier alpha value is -3.17. The van der Waals surface area contributed by atoms with Crippen LogP contribution in [0.5, 0.6) is 5.75 Å². The third-order valence-corrected chi connectivity index (χ3v) is 3.69. The fourth-order valence-electron chi connectivity index (χ4n) is 2.48. The van der Waals surface area contributed by atoms with E-state index in [-0.39, 0.29) is 6.61 Å². The van der Waals surface area contributed by atoms with Crippen LogP contribution in [0.1, 0.15) is 5.56 Å². The highest BCUT2D eigenvalue weighted by atomic mass is 16.5. The minimum absolute atomic E-state index is 0.169. The van der Waals surface area contributed by atoms with Crippen molar-refractivity contribution >= 4 is 0 Å². The molecule has 0 saturated heterocycles. The first-order valence-corrected chi connectivity index (χ1v) is 7.94. The van der Waals surface area contributed by atoms with E-state index >= 15 is 0 Å². The van der Waals surface area contributed by atoms with Gasteiger partial charge in [0.05, 0.1) is 19.0 Å². The first-order chi connectivity index (χ1) is 12.3. The second-order valence-corrected chi connectivity index (χ2v) is 5.59. The molecule has 0 fully saturated rings. The first kappa shape index (κ1) is 16.7. The topological polar surface area (TPSA) is 84.0 Å². The summed E-state index contributed by atoms with van der Waals surface area (Å²) in [7, 11) is 0. The van der Waals surface area contributed by atoms with Crippen molar-refractivity contribution in [3.8, 4) is 23.2 Å². The van der Waals surface area contributed by atoms with Crippen molar-refractivity contribution in [2.45, 2.75) is 19.1 Å². The lowest BCUT2D eigenvalue weighted by atomic mass is 10.2. The molecular formula is C19H18N4O2. The van der Waals surface area contributed by atoms with Crippen LogP contribution in [0.15, 0.2) is 61.2 Å². The SMILES string of the molecule is N#CCc1ccc(OCC(O)Cn2ccnc2-c2cccnc2)cc1. The number of aliphatic hydroxyl groups excluding tert-OH is 1. The monoisotopic (exact) mass is 334 g/mol. The third-order valence-electron chi connectivity index (χ3n) is 3.69. The van der Waals surface area contributed by atoms with Gasteiger partial charge in [0.25, 0.3) is 0 Å². The van der Waals surface area contributed by atoms with Crippen LogP contribution in [0, 0.1) is 11.3 Å². The van der Waals surface area contributed by atoms with Gasteiger partial charge in [0.1, 0.15) is 24.3 Å². The number of hydrogen-bond acceptors (Lipinski definition) is 5. The van der Waals surface area contributed by atoms with E-state index in [4.69, 9.17) is 10.00 Å². The van der Waals surface area contributed by atoms with E-state index in [0.717, 1.165) is 17.0 Å². The highest BCUT2D eigenvalue weighted by Gasteiger charge is 2.11. The third kappa shape index (κ3) is 4.43. The van der Waals surface area contributed by atoms with Crippen molar-refractivity contribution in [3.05, 3.63) is 66.7 Å². The van der Waals surface area contributed by atoms with Gasteiger partial charge in [0.15, 0.2) is 0 Å². The molecule has 6 nitrogen and oxygen atoms in total. The molecule has 1 unspecified atom stereocenters. The number of hydrogen-bond donors (Lipinski definition) is 1. The van der Waals surface area contributed by atoms with E-state index in [1.165, 1.54) is 0 Å². The minimum atomic E-state index is -0.677. The number of pyridine rings is 1. The average Bonchev–Trinajstić information content (AvgIpc) is 3.10. The first-order valence-electron chi connectivity index (χ1n) is 7.94. The Morgan fingerprint density at radius 3 is 2.76 bits per heavy atom. The molecule has 1 atom stereocenters. The summed E-state index contributed by atoms with van der Waals surface area (Å²) >= 11 is 0. The normalized spacial score (nSPS) is 11.7. The molecule has 0 radical (unpaired) electrons. The predicted molar refractivity (Wildman–Crippen MR) is 92.7 cm³/mol. The molecule has 1 N–H and O–H groups in total. The Kier molecular flexibility index (Phi) is 5.39. The van der Waals surface area contributed by atoms with Gasteiger partial charge < -0.3 is 14.4 Å². The molecule has 25 heavy (non-hydrogen) atoms. The van der Waals surface area contributed by atoms with Crippen LogP contribution in [-0.2, 0) is 13.0 Å². The van der Waals surface area contributed by atoms with Gasteiger partial charge in [0.2, 0.25) is 0 Å². The number of benzene rings is 1. The van der Waals surface area contributed by atoms with Crippen LogP contribution < -0.4 is 4.74 Å². The summed E-state index contributed by atoms with van der Waals surface area (Å²) in [5.74, 6) is 1.42. The maximum Gasteiger partial charge on any atom is 0.141 e. The molecule has 2 heterocycles. The van der Waals surface area contributed by atoms with Gasteiger partial charge in [-0.3, -0.25) is 4.98 Å². The summed E-state index contributed by atoms with van der Waals surface area (Å²) in [5.41, 5.74) is 1.84. The van der Waals surface area contributed by atoms with Crippen LogP contribution in [0.25, 0.3) is 11.4 Å². The van der Waals surface area contributed by atoms with Crippen LogP contribution in [0.3, 0.4) is 0 Å². The van der Waals surface area contributed by atoms with Crippen LogP contribution in [0.4, 0.5) is 0 Å². The van der Waals surface area contributed by atoms with E-state index in [2.05, 4.69) is 16.0 Å². The van der Waals surface area contributed by atoms with E-state index in [9.17, 15) is 5.11 Å². The van der Waals surface area contributed by atoms with Crippen molar-refractivity contribution in [1.82, 2.24) is 14.5 Å². The van der Waals surface area contributed by atoms with Gasteiger partial charge in [0, 0.05) is 30.4 Å². The smallest absolute Gasteiger partial charge is 0.141 e. The molecule has 6 heteroatoms. The summed E-state index contributed by atoms with van der Waals surface area (Å²) in [6.45, 7) is 0.541. The summed E-state index contributed by atoms with van der Waals surface area (Å²) in [5, 5.41) is 18.9. The summed E-state index contributed by atoms with van der Waals surface area (Å²) in [6, 6.07) is 13.2. The minimum Gasteiger partial charge on any atom is -0.491 e. The number of rotatable bonds is 7. The highest BCUT2D eigenvalue weighted by Crippen LogP contribution is 2.17. The zero-order valence-electron chi connectivity index (χ0n) is 13.6. The molecule has 0 bridgehead atoms.